The molecule has 2 amide bonds. The van der Waals surface area contributed by atoms with Gasteiger partial charge >= 0.3 is 5.97 Å². The minimum absolute atomic E-state index is 0.0221. The van der Waals surface area contributed by atoms with E-state index >= 15 is 0 Å². The standard InChI is InChI=1S/C61H73N7O10S2/c1-8-9-12-45-16-20-49(21-17-45)63-80(74,75)52-27-19-47(54(40-52)60(70)68-35-29-65(30-36-68)55-13-10-11-14-57(55)78-41-42(2)3)37-46-18-28-56(58(38-46)76-6)66-31-33-67(34-32-66)59(69)53-39-51(26-15-43(53)4)79(72,73)64-50-24-22-48(23-25-50)62-44(5)61(71)77-7/h10-11,13-28,38-40,42,44,62-64H,8-9,12,29-37,41H2,1-7H3. The van der Waals surface area contributed by atoms with Crippen molar-refractivity contribution in [3.8, 4) is 11.5 Å². The smallest absolute Gasteiger partial charge is 0.327 e. The Bertz CT molecular complexity index is 3380. The van der Waals surface area contributed by atoms with Gasteiger partial charge in [-0.25, -0.2) is 21.6 Å². The van der Waals surface area contributed by atoms with Crippen molar-refractivity contribution in [1.82, 2.24) is 9.80 Å². The predicted octanol–water partition coefficient (Wildman–Crippen LogP) is 9.47. The van der Waals surface area contributed by atoms with Gasteiger partial charge in [0.25, 0.3) is 31.9 Å². The first-order valence-electron chi connectivity index (χ1n) is 27.2. The fraction of sp³-hybridized carbons (Fsp3) is 0.361. The molecule has 19 heteroatoms. The van der Waals surface area contributed by atoms with Gasteiger partial charge in [-0.1, -0.05) is 69.7 Å². The van der Waals surface area contributed by atoms with Crippen LogP contribution in [0.15, 0.2) is 137 Å². The zero-order chi connectivity index (χ0) is 57.1. The molecule has 2 aliphatic rings. The van der Waals surface area contributed by atoms with E-state index in [0.29, 0.717) is 111 Å². The van der Waals surface area contributed by atoms with E-state index in [9.17, 15) is 31.2 Å². The Kier molecular flexibility index (Phi) is 19.0. The number of nitrogens with one attached hydrogen (secondary N) is 3. The van der Waals surface area contributed by atoms with Crippen molar-refractivity contribution in [1.29, 1.82) is 0 Å². The van der Waals surface area contributed by atoms with Crippen LogP contribution in [0, 0.1) is 12.8 Å². The van der Waals surface area contributed by atoms with Crippen LogP contribution in [-0.4, -0.2) is 124 Å². The number of hydrogen-bond acceptors (Lipinski definition) is 13. The topological polar surface area (TPSA) is 196 Å². The van der Waals surface area contributed by atoms with Gasteiger partial charge in [-0.2, -0.15) is 0 Å². The van der Waals surface area contributed by atoms with E-state index in [1.807, 2.05) is 54.6 Å². The molecule has 6 aromatic rings. The molecule has 0 aromatic heterocycles. The largest absolute Gasteiger partial charge is 0.495 e. The first-order valence-corrected chi connectivity index (χ1v) is 30.1. The van der Waals surface area contributed by atoms with Crippen molar-refractivity contribution >= 4 is 66.3 Å². The van der Waals surface area contributed by atoms with E-state index in [1.165, 1.54) is 25.3 Å². The van der Waals surface area contributed by atoms with E-state index in [2.05, 4.69) is 45.3 Å². The lowest BCUT2D eigenvalue weighted by atomic mass is 9.98. The molecule has 0 radical (unpaired) electrons. The molecule has 2 fully saturated rings. The number of aryl methyl sites for hydroxylation is 2. The van der Waals surface area contributed by atoms with E-state index in [4.69, 9.17) is 14.2 Å². The van der Waals surface area contributed by atoms with Crippen LogP contribution in [0.25, 0.3) is 0 Å². The summed E-state index contributed by atoms with van der Waals surface area (Å²) in [5, 5.41) is 3.00. The molecule has 1 atom stereocenters. The number of hydrogen-bond donors (Lipinski definition) is 3. The number of anilines is 5. The lowest BCUT2D eigenvalue weighted by Crippen LogP contribution is -2.49. The van der Waals surface area contributed by atoms with E-state index in [1.54, 1.807) is 85.4 Å². The Labute approximate surface area is 471 Å². The molecule has 3 N–H and O–H groups in total. The van der Waals surface area contributed by atoms with Crippen LogP contribution in [0.4, 0.5) is 28.4 Å². The second-order valence-electron chi connectivity index (χ2n) is 20.7. The number of methoxy groups -OCH3 is 2. The number of benzene rings is 6. The van der Waals surface area contributed by atoms with Crippen molar-refractivity contribution in [2.75, 3.05) is 97.7 Å². The second-order valence-corrected chi connectivity index (χ2v) is 24.1. The fourth-order valence-electron chi connectivity index (χ4n) is 9.79. The zero-order valence-electron chi connectivity index (χ0n) is 46.7. The third-order valence-corrected chi connectivity index (χ3v) is 17.1. The normalized spacial score (nSPS) is 14.3. The molecule has 2 aliphatic heterocycles. The van der Waals surface area contributed by atoms with Gasteiger partial charge in [0.1, 0.15) is 17.5 Å². The highest BCUT2D eigenvalue weighted by Crippen LogP contribution is 2.34. The third-order valence-electron chi connectivity index (χ3n) is 14.4. The molecule has 0 aliphatic carbocycles. The molecule has 8 rings (SSSR count). The zero-order valence-corrected chi connectivity index (χ0v) is 48.3. The highest BCUT2D eigenvalue weighted by atomic mass is 32.2. The Morgan fingerprint density at radius 2 is 1.11 bits per heavy atom. The van der Waals surface area contributed by atoms with Crippen molar-refractivity contribution in [3.63, 3.8) is 0 Å². The van der Waals surface area contributed by atoms with E-state index in [-0.39, 0.29) is 27.2 Å². The van der Waals surface area contributed by atoms with Crippen molar-refractivity contribution in [2.24, 2.45) is 5.92 Å². The molecule has 424 valence electrons. The number of carbonyl (C=O) groups excluding carboxylic acids is 3. The Hall–Kier alpha value is -7.77. The number of unbranched alkanes of at least 4 members (excludes halogenated alkanes) is 1. The molecule has 17 nitrogen and oxygen atoms in total. The summed E-state index contributed by atoms with van der Waals surface area (Å²) in [6.07, 6.45) is 3.31. The van der Waals surface area contributed by atoms with Gasteiger partial charge in [-0.3, -0.25) is 19.0 Å². The highest BCUT2D eigenvalue weighted by molar-refractivity contribution is 7.93. The molecular weight excluding hydrogens is 1050 g/mol. The SMILES string of the molecule is CCCCc1ccc(NS(=O)(=O)c2ccc(Cc3ccc(N4CCN(C(=O)c5cc(S(=O)(=O)Nc6ccc(NC(C)C(=O)OC)cc6)ccc5C)CC4)c(OC)c3)c(C(=O)N3CCN(c4ccccc4OCC(C)C)CC3)c2)cc1. The summed E-state index contributed by atoms with van der Waals surface area (Å²) in [5.41, 5.74) is 6.95. The summed E-state index contributed by atoms with van der Waals surface area (Å²) in [7, 11) is -5.28. The van der Waals surface area contributed by atoms with Gasteiger partial charge in [0.2, 0.25) is 0 Å². The van der Waals surface area contributed by atoms with Crippen LogP contribution in [0.2, 0.25) is 0 Å². The monoisotopic (exact) mass is 1130 g/mol. The van der Waals surface area contributed by atoms with Crippen LogP contribution in [-0.2, 0) is 42.4 Å². The predicted molar refractivity (Wildman–Crippen MR) is 315 cm³/mol. The average Bonchev–Trinajstić information content (AvgIpc) is 3.51. The highest BCUT2D eigenvalue weighted by Gasteiger charge is 2.30. The molecule has 1 unspecified atom stereocenters. The lowest BCUT2D eigenvalue weighted by molar-refractivity contribution is -0.141. The second kappa shape index (κ2) is 26.0. The lowest BCUT2D eigenvalue weighted by Gasteiger charge is -2.37. The quantitative estimate of drug-likeness (QED) is 0.0545. The summed E-state index contributed by atoms with van der Waals surface area (Å²) in [4.78, 5) is 48.5. The maximum absolute atomic E-state index is 14.8. The van der Waals surface area contributed by atoms with Crippen molar-refractivity contribution in [2.45, 2.75) is 76.1 Å². The summed E-state index contributed by atoms with van der Waals surface area (Å²) in [5.74, 6) is 0.763. The van der Waals surface area contributed by atoms with Crippen LogP contribution in [0.5, 0.6) is 11.5 Å². The van der Waals surface area contributed by atoms with Crippen LogP contribution in [0.3, 0.4) is 0 Å². The number of amides is 2. The number of rotatable bonds is 22. The van der Waals surface area contributed by atoms with Crippen molar-refractivity contribution < 1.29 is 45.4 Å². The van der Waals surface area contributed by atoms with Crippen LogP contribution >= 0.6 is 0 Å². The Morgan fingerprint density at radius 1 is 0.588 bits per heavy atom. The molecule has 0 saturated carbocycles. The number of esters is 1. The van der Waals surface area contributed by atoms with Crippen molar-refractivity contribution in [3.05, 3.63) is 161 Å². The average molecular weight is 1130 g/mol. The minimum Gasteiger partial charge on any atom is -0.495 e. The molecule has 6 aromatic carbocycles. The summed E-state index contributed by atoms with van der Waals surface area (Å²) < 4.78 is 77.5. The van der Waals surface area contributed by atoms with Gasteiger partial charge in [0.05, 0.1) is 42.0 Å². The molecule has 0 spiro atoms. The number of sulfonamides is 2. The first kappa shape index (κ1) is 58.4. The summed E-state index contributed by atoms with van der Waals surface area (Å²) in [6, 6.07) is 36.3. The maximum atomic E-state index is 14.8. The van der Waals surface area contributed by atoms with Gasteiger partial charge < -0.3 is 39.1 Å². The first-order chi connectivity index (χ1) is 38.4. The van der Waals surface area contributed by atoms with Gasteiger partial charge in [-0.05, 0) is 146 Å². The van der Waals surface area contributed by atoms with Crippen LogP contribution < -0.4 is 34.0 Å². The number of ether oxygens (including phenoxy) is 3. The van der Waals surface area contributed by atoms with Crippen LogP contribution in [0.1, 0.15) is 83.5 Å². The van der Waals surface area contributed by atoms with E-state index in [0.717, 1.165) is 47.5 Å². The molecule has 2 heterocycles. The summed E-state index contributed by atoms with van der Waals surface area (Å²) >= 11 is 0. The van der Waals surface area contributed by atoms with Gasteiger partial charge in [-0.15, -0.1) is 0 Å². The Balaban J connectivity index is 0.961. The van der Waals surface area contributed by atoms with Gasteiger partial charge in [0.15, 0.2) is 0 Å². The molecule has 0 bridgehead atoms. The number of para-hydroxylation sites is 2. The number of carbonyl (C=O) groups is 3. The van der Waals surface area contributed by atoms with Gasteiger partial charge in [0, 0.05) is 80.5 Å². The number of nitrogens with zero attached hydrogens (tertiary/aromatic N) is 4. The minimum atomic E-state index is -4.09. The fourth-order valence-corrected chi connectivity index (χ4v) is 12.0. The van der Waals surface area contributed by atoms with E-state index < -0.39 is 32.1 Å². The molecular formula is C61H73N7O10S2. The maximum Gasteiger partial charge on any atom is 0.327 e. The number of piperazine rings is 2. The third kappa shape index (κ3) is 14.3. The molecule has 80 heavy (non-hydrogen) atoms. The summed E-state index contributed by atoms with van der Waals surface area (Å²) in [6.45, 7) is 14.0. The molecule has 2 saturated heterocycles. The Morgan fingerprint density at radius 3 is 1.69 bits per heavy atom.